The second kappa shape index (κ2) is 7.95. The highest BCUT2D eigenvalue weighted by Gasteiger charge is 2.28. The summed E-state index contributed by atoms with van der Waals surface area (Å²) in [6, 6.07) is 12.5. The van der Waals surface area contributed by atoms with Gasteiger partial charge in [-0.25, -0.2) is 9.78 Å². The van der Waals surface area contributed by atoms with E-state index in [4.69, 9.17) is 4.42 Å². The Morgan fingerprint density at radius 3 is 2.59 bits per heavy atom. The van der Waals surface area contributed by atoms with E-state index >= 15 is 0 Å². The van der Waals surface area contributed by atoms with E-state index in [-0.39, 0.29) is 18.0 Å². The minimum atomic E-state index is -0.213. The third-order valence-corrected chi connectivity index (χ3v) is 4.68. The molecule has 0 spiro atoms. The summed E-state index contributed by atoms with van der Waals surface area (Å²) >= 11 is 0. The number of nitrogens with zero attached hydrogens (tertiary/aromatic N) is 1. The summed E-state index contributed by atoms with van der Waals surface area (Å²) in [6.07, 6.45) is 2.26. The van der Waals surface area contributed by atoms with Crippen molar-refractivity contribution in [2.45, 2.75) is 45.2 Å². The predicted molar refractivity (Wildman–Crippen MR) is 111 cm³/mol. The lowest BCUT2D eigenvalue weighted by Gasteiger charge is -2.10. The summed E-state index contributed by atoms with van der Waals surface area (Å²) in [5.74, 6) is 1.03. The first kappa shape index (κ1) is 19.0. The summed E-state index contributed by atoms with van der Waals surface area (Å²) in [4.78, 5) is 28.7. The van der Waals surface area contributed by atoms with Gasteiger partial charge in [0.1, 0.15) is 5.52 Å². The monoisotopic (exact) mass is 392 g/mol. The lowest BCUT2D eigenvalue weighted by molar-refractivity contribution is 0.102. The smallest absolute Gasteiger partial charge is 0.315 e. The summed E-state index contributed by atoms with van der Waals surface area (Å²) in [5, 5.41) is 8.45. The molecule has 1 heterocycles. The van der Waals surface area contributed by atoms with Crippen LogP contribution in [0, 0.1) is 0 Å². The minimum absolute atomic E-state index is 0.0813. The fraction of sp³-hybridized carbons (Fsp3) is 0.318. The molecule has 150 valence electrons. The van der Waals surface area contributed by atoms with Gasteiger partial charge in [0.2, 0.25) is 0 Å². The molecule has 1 aliphatic rings. The summed E-state index contributed by atoms with van der Waals surface area (Å²) < 4.78 is 5.75. The molecule has 1 fully saturated rings. The highest BCUT2D eigenvalue weighted by atomic mass is 16.3. The molecule has 2 aromatic carbocycles. The normalized spacial score (nSPS) is 13.5. The van der Waals surface area contributed by atoms with Crippen LogP contribution in [0.1, 0.15) is 54.4 Å². The van der Waals surface area contributed by atoms with Crippen LogP contribution in [0.3, 0.4) is 0 Å². The number of nitrogens with one attached hydrogen (secondary N) is 3. The first-order chi connectivity index (χ1) is 14.0. The molecule has 0 radical (unpaired) electrons. The Balaban J connectivity index is 1.36. The molecule has 3 aromatic rings. The Hall–Kier alpha value is -3.35. The molecule has 0 atom stereocenters. The first-order valence-electron chi connectivity index (χ1n) is 9.83. The van der Waals surface area contributed by atoms with Crippen molar-refractivity contribution in [3.05, 3.63) is 59.5 Å². The van der Waals surface area contributed by atoms with E-state index in [1.54, 1.807) is 12.1 Å². The molecule has 0 aliphatic heterocycles. The van der Waals surface area contributed by atoms with E-state index < -0.39 is 0 Å². The molecule has 0 bridgehead atoms. The van der Waals surface area contributed by atoms with Gasteiger partial charge in [-0.15, -0.1) is 0 Å². The third-order valence-electron chi connectivity index (χ3n) is 4.68. The average Bonchev–Trinajstić information content (AvgIpc) is 3.45. The van der Waals surface area contributed by atoms with Crippen molar-refractivity contribution in [3.8, 4) is 0 Å². The standard InChI is InChI=1S/C22H24N4O3/c1-13(2)24-22(28)23-12-14-3-5-15(6-4-14)20(27)25-17-9-10-19-18(11-17)26-21(29-19)16-7-8-16/h3-6,9-11,13,16H,7-8,12H2,1-2H3,(H,25,27)(H2,23,24,28). The van der Waals surface area contributed by atoms with Gasteiger partial charge in [-0.2, -0.15) is 0 Å². The molecule has 29 heavy (non-hydrogen) atoms. The Bertz CT molecular complexity index is 1040. The number of carbonyl (C=O) groups is 2. The number of aromatic nitrogens is 1. The lowest BCUT2D eigenvalue weighted by Crippen LogP contribution is -2.39. The van der Waals surface area contributed by atoms with E-state index in [1.807, 2.05) is 44.2 Å². The largest absolute Gasteiger partial charge is 0.440 e. The van der Waals surface area contributed by atoms with Crippen molar-refractivity contribution in [2.24, 2.45) is 0 Å². The molecule has 3 N–H and O–H groups in total. The van der Waals surface area contributed by atoms with Gasteiger partial charge in [0.15, 0.2) is 11.5 Å². The Kier molecular flexibility index (Phi) is 5.20. The zero-order chi connectivity index (χ0) is 20.4. The van der Waals surface area contributed by atoms with E-state index in [0.717, 1.165) is 35.4 Å². The van der Waals surface area contributed by atoms with Crippen LogP contribution in [0.4, 0.5) is 10.5 Å². The summed E-state index contributed by atoms with van der Waals surface area (Å²) in [5.41, 5.74) is 3.62. The molecule has 1 aliphatic carbocycles. The second-order valence-electron chi connectivity index (χ2n) is 7.64. The van der Waals surface area contributed by atoms with Crippen molar-refractivity contribution in [2.75, 3.05) is 5.32 Å². The van der Waals surface area contributed by atoms with Crippen LogP contribution in [0.15, 0.2) is 46.9 Å². The SMILES string of the molecule is CC(C)NC(=O)NCc1ccc(C(=O)Nc2ccc3oc(C4CC4)nc3c2)cc1. The maximum atomic E-state index is 12.5. The van der Waals surface area contributed by atoms with Crippen LogP contribution in [-0.4, -0.2) is 23.0 Å². The summed E-state index contributed by atoms with van der Waals surface area (Å²) in [6.45, 7) is 4.20. The predicted octanol–water partition coefficient (Wildman–Crippen LogP) is 4.17. The number of anilines is 1. The molecule has 1 saturated carbocycles. The molecule has 3 amide bonds. The van der Waals surface area contributed by atoms with Gasteiger partial charge in [0, 0.05) is 29.8 Å². The van der Waals surface area contributed by atoms with Crippen molar-refractivity contribution >= 4 is 28.7 Å². The first-order valence-corrected chi connectivity index (χ1v) is 9.83. The second-order valence-corrected chi connectivity index (χ2v) is 7.64. The molecular weight excluding hydrogens is 368 g/mol. The molecule has 0 saturated heterocycles. The van der Waals surface area contributed by atoms with Crippen molar-refractivity contribution < 1.29 is 14.0 Å². The number of hydrogen-bond acceptors (Lipinski definition) is 4. The number of hydrogen-bond donors (Lipinski definition) is 3. The van der Waals surface area contributed by atoms with Crippen molar-refractivity contribution in [1.29, 1.82) is 0 Å². The fourth-order valence-corrected chi connectivity index (χ4v) is 3.00. The van der Waals surface area contributed by atoms with Gasteiger partial charge >= 0.3 is 6.03 Å². The van der Waals surface area contributed by atoms with Crippen LogP contribution in [0.25, 0.3) is 11.1 Å². The molecule has 7 nitrogen and oxygen atoms in total. The van der Waals surface area contributed by atoms with Crippen LogP contribution in [-0.2, 0) is 6.54 Å². The molecule has 4 rings (SSSR count). The number of rotatable bonds is 6. The minimum Gasteiger partial charge on any atom is -0.440 e. The van der Waals surface area contributed by atoms with Gasteiger partial charge < -0.3 is 20.4 Å². The van der Waals surface area contributed by atoms with Crippen LogP contribution in [0.2, 0.25) is 0 Å². The van der Waals surface area contributed by atoms with Crippen molar-refractivity contribution in [1.82, 2.24) is 15.6 Å². The molecule has 0 unspecified atom stereocenters. The van der Waals surface area contributed by atoms with Gasteiger partial charge in [-0.1, -0.05) is 12.1 Å². The summed E-state index contributed by atoms with van der Waals surface area (Å²) in [7, 11) is 0. The maximum Gasteiger partial charge on any atom is 0.315 e. The van der Waals surface area contributed by atoms with Gasteiger partial charge in [-0.05, 0) is 62.6 Å². The number of oxazole rings is 1. The zero-order valence-corrected chi connectivity index (χ0v) is 16.5. The number of fused-ring (bicyclic) bond motifs is 1. The molecule has 1 aromatic heterocycles. The lowest BCUT2D eigenvalue weighted by atomic mass is 10.1. The van der Waals surface area contributed by atoms with Crippen LogP contribution >= 0.6 is 0 Å². The number of amides is 3. The van der Waals surface area contributed by atoms with Crippen LogP contribution in [0.5, 0.6) is 0 Å². The van der Waals surface area contributed by atoms with Crippen molar-refractivity contribution in [3.63, 3.8) is 0 Å². The van der Waals surface area contributed by atoms with E-state index in [2.05, 4.69) is 20.9 Å². The average molecular weight is 392 g/mol. The Labute approximate surface area is 168 Å². The van der Waals surface area contributed by atoms with Gasteiger partial charge in [0.25, 0.3) is 5.91 Å². The van der Waals surface area contributed by atoms with E-state index in [1.165, 1.54) is 0 Å². The number of urea groups is 1. The maximum absolute atomic E-state index is 12.5. The number of carbonyl (C=O) groups excluding carboxylic acids is 2. The quantitative estimate of drug-likeness (QED) is 0.587. The Morgan fingerprint density at radius 1 is 1.14 bits per heavy atom. The third kappa shape index (κ3) is 4.74. The van der Waals surface area contributed by atoms with E-state index in [9.17, 15) is 9.59 Å². The zero-order valence-electron chi connectivity index (χ0n) is 16.5. The molecular formula is C22H24N4O3. The highest BCUT2D eigenvalue weighted by Crippen LogP contribution is 2.40. The molecule has 7 heteroatoms. The topological polar surface area (TPSA) is 96.3 Å². The van der Waals surface area contributed by atoms with E-state index in [0.29, 0.717) is 23.7 Å². The van der Waals surface area contributed by atoms with Gasteiger partial charge in [0.05, 0.1) is 0 Å². The fourth-order valence-electron chi connectivity index (χ4n) is 3.00. The highest BCUT2D eigenvalue weighted by molar-refractivity contribution is 6.04. The number of benzene rings is 2. The Morgan fingerprint density at radius 2 is 1.90 bits per heavy atom. The van der Waals surface area contributed by atoms with Gasteiger partial charge in [-0.3, -0.25) is 4.79 Å². The van der Waals surface area contributed by atoms with Crippen LogP contribution < -0.4 is 16.0 Å².